The molecule has 0 spiro atoms. The summed E-state index contributed by atoms with van der Waals surface area (Å²) in [5.41, 5.74) is 5.75. The molecule has 3 aromatic rings. The Morgan fingerprint density at radius 3 is 3.00 bits per heavy atom. The van der Waals surface area contributed by atoms with Crippen molar-refractivity contribution in [2.24, 2.45) is 5.73 Å². The second-order valence-electron chi connectivity index (χ2n) is 4.38. The Morgan fingerprint density at radius 2 is 2.29 bits per heavy atom. The second kappa shape index (κ2) is 5.13. The zero-order valence-electron chi connectivity index (χ0n) is 10.8. The maximum Gasteiger partial charge on any atom is 0.259 e. The lowest BCUT2D eigenvalue weighted by Crippen LogP contribution is -2.21. The number of hydrogen-bond acceptors (Lipinski definition) is 4. The molecule has 0 atom stereocenters. The zero-order valence-corrected chi connectivity index (χ0v) is 11.6. The second-order valence-corrected chi connectivity index (χ2v) is 5.41. The molecule has 2 N–H and O–H groups in total. The first-order valence-corrected chi connectivity index (χ1v) is 6.96. The summed E-state index contributed by atoms with van der Waals surface area (Å²) in [6.45, 7) is -0.593. The van der Waals surface area contributed by atoms with Crippen LogP contribution in [-0.2, 0) is 6.54 Å². The molecule has 1 amide bonds. The van der Waals surface area contributed by atoms with Gasteiger partial charge in [0, 0.05) is 12.4 Å². The topological polar surface area (TPSA) is 82.4 Å². The summed E-state index contributed by atoms with van der Waals surface area (Å²) in [5, 5.41) is 4.03. The third-order valence-electron chi connectivity index (χ3n) is 3.07. The quantitative estimate of drug-likeness (QED) is 0.788. The van der Waals surface area contributed by atoms with Gasteiger partial charge in [-0.2, -0.15) is 5.10 Å². The molecular weight excluding hydrogens is 295 g/mol. The third kappa shape index (κ3) is 2.23. The number of aryl methyl sites for hydroxylation is 1. The highest BCUT2D eigenvalue weighted by molar-refractivity contribution is 7.21. The van der Waals surface area contributed by atoms with Gasteiger partial charge >= 0.3 is 0 Å². The molecule has 0 aromatic carbocycles. The number of fused-ring (bicyclic) bond motifs is 1. The maximum atomic E-state index is 12.4. The van der Waals surface area contributed by atoms with E-state index in [4.69, 9.17) is 5.73 Å². The first-order chi connectivity index (χ1) is 10.1. The molecule has 0 saturated heterocycles. The van der Waals surface area contributed by atoms with E-state index in [-0.39, 0.29) is 12.1 Å². The van der Waals surface area contributed by atoms with E-state index in [0.29, 0.717) is 20.8 Å². The Morgan fingerprint density at radius 1 is 1.48 bits per heavy atom. The zero-order chi connectivity index (χ0) is 15.0. The van der Waals surface area contributed by atoms with E-state index in [1.807, 2.05) is 0 Å². The molecule has 3 aromatic heterocycles. The van der Waals surface area contributed by atoms with Crippen molar-refractivity contribution >= 4 is 22.1 Å². The summed E-state index contributed by atoms with van der Waals surface area (Å²) >= 11 is 1.25. The number of thiazole rings is 1. The number of aromatic nitrogens is 3. The van der Waals surface area contributed by atoms with E-state index in [1.165, 1.54) is 26.6 Å². The fourth-order valence-corrected chi connectivity index (χ4v) is 3.15. The monoisotopic (exact) mass is 306 g/mol. The predicted molar refractivity (Wildman–Crippen MR) is 77.3 cm³/mol. The van der Waals surface area contributed by atoms with Gasteiger partial charge in [-0.25, -0.2) is 8.91 Å². The summed E-state index contributed by atoms with van der Waals surface area (Å²) in [4.78, 5) is 24.8. The molecule has 0 aliphatic heterocycles. The lowest BCUT2D eigenvalue weighted by molar-refractivity contribution is 0.100. The third-order valence-corrected chi connectivity index (χ3v) is 4.22. The number of carbonyl (C=O) groups is 1. The normalized spacial score (nSPS) is 11.1. The summed E-state index contributed by atoms with van der Waals surface area (Å²) in [7, 11) is 0. The number of pyridine rings is 1. The Labute approximate surface area is 122 Å². The molecule has 21 heavy (non-hydrogen) atoms. The minimum absolute atomic E-state index is 0.0156. The Balaban J connectivity index is 2.15. The summed E-state index contributed by atoms with van der Waals surface area (Å²) in [6, 6.07) is 3.34. The largest absolute Gasteiger partial charge is 0.365 e. The number of hydrogen-bond donors (Lipinski definition) is 1. The van der Waals surface area contributed by atoms with Crippen LogP contribution < -0.4 is 11.3 Å². The standard InChI is InChI=1S/C13H11FN4O2S/c14-3-5-17-4-1-2-8(12(17)20)10-7-18-13(21-10)9(6-16-18)11(15)19/h1-2,4,6-7H,3,5H2,(H2,15,19). The van der Waals surface area contributed by atoms with Crippen molar-refractivity contribution in [3.8, 4) is 10.4 Å². The van der Waals surface area contributed by atoms with Gasteiger partial charge in [0.15, 0.2) is 0 Å². The number of amides is 1. The Kier molecular flexibility index (Phi) is 3.30. The maximum absolute atomic E-state index is 12.4. The molecule has 8 heteroatoms. The molecule has 0 bridgehead atoms. The van der Waals surface area contributed by atoms with Gasteiger partial charge in [0.05, 0.1) is 28.7 Å². The smallest absolute Gasteiger partial charge is 0.259 e. The average molecular weight is 306 g/mol. The van der Waals surface area contributed by atoms with Crippen molar-refractivity contribution in [3.05, 3.63) is 46.6 Å². The summed E-state index contributed by atoms with van der Waals surface area (Å²) in [5.74, 6) is -0.568. The van der Waals surface area contributed by atoms with Crippen molar-refractivity contribution in [2.45, 2.75) is 6.54 Å². The van der Waals surface area contributed by atoms with Gasteiger partial charge in [0.2, 0.25) is 0 Å². The Bertz CT molecular complexity index is 880. The minimum Gasteiger partial charge on any atom is -0.365 e. The molecule has 0 fully saturated rings. The van der Waals surface area contributed by atoms with E-state index in [0.717, 1.165) is 0 Å². The number of nitrogens with two attached hydrogens (primary N) is 1. The summed E-state index contributed by atoms with van der Waals surface area (Å²) < 4.78 is 15.2. The van der Waals surface area contributed by atoms with Gasteiger partial charge < -0.3 is 10.3 Å². The number of nitrogens with zero attached hydrogens (tertiary/aromatic N) is 3. The molecule has 0 saturated carbocycles. The first kappa shape index (κ1) is 13.5. The first-order valence-electron chi connectivity index (χ1n) is 6.14. The predicted octanol–water partition coefficient (Wildman–Crippen LogP) is 1.29. The molecule has 108 valence electrons. The van der Waals surface area contributed by atoms with Crippen LogP contribution in [0.3, 0.4) is 0 Å². The number of carbonyl (C=O) groups excluding carboxylic acids is 1. The fourth-order valence-electron chi connectivity index (χ4n) is 2.07. The van der Waals surface area contributed by atoms with Crippen molar-refractivity contribution in [3.63, 3.8) is 0 Å². The van der Waals surface area contributed by atoms with Crippen LogP contribution in [0.1, 0.15) is 10.4 Å². The summed E-state index contributed by atoms with van der Waals surface area (Å²) in [6.07, 6.45) is 4.59. The van der Waals surface area contributed by atoms with Gasteiger partial charge in [-0.15, -0.1) is 11.3 Å². The SMILES string of the molecule is NC(=O)c1cnn2cc(-c3cccn(CCF)c3=O)sc12. The van der Waals surface area contributed by atoms with Crippen molar-refractivity contribution in [1.29, 1.82) is 0 Å². The molecule has 0 aliphatic carbocycles. The van der Waals surface area contributed by atoms with Gasteiger partial charge in [0.1, 0.15) is 11.5 Å². The van der Waals surface area contributed by atoms with Crippen molar-refractivity contribution in [2.75, 3.05) is 6.67 Å². The van der Waals surface area contributed by atoms with Crippen LogP contribution in [0.2, 0.25) is 0 Å². The highest BCUT2D eigenvalue weighted by Crippen LogP contribution is 2.28. The van der Waals surface area contributed by atoms with Gasteiger partial charge in [-0.05, 0) is 12.1 Å². The fraction of sp³-hybridized carbons (Fsp3) is 0.154. The highest BCUT2D eigenvalue weighted by Gasteiger charge is 2.15. The van der Waals surface area contributed by atoms with E-state index < -0.39 is 12.6 Å². The number of primary amides is 1. The van der Waals surface area contributed by atoms with Crippen LogP contribution >= 0.6 is 11.3 Å². The van der Waals surface area contributed by atoms with Gasteiger partial charge in [0.25, 0.3) is 11.5 Å². The van der Waals surface area contributed by atoms with Gasteiger partial charge in [-0.1, -0.05) is 0 Å². The lowest BCUT2D eigenvalue weighted by atomic mass is 10.2. The minimum atomic E-state index is -0.608. The van der Waals surface area contributed by atoms with E-state index in [1.54, 1.807) is 24.5 Å². The Hall–Kier alpha value is -2.48. The van der Waals surface area contributed by atoms with Crippen LogP contribution in [0.15, 0.2) is 35.5 Å². The molecule has 3 heterocycles. The molecular formula is C13H11FN4O2S. The van der Waals surface area contributed by atoms with Crippen LogP contribution in [0, 0.1) is 0 Å². The van der Waals surface area contributed by atoms with Crippen LogP contribution in [0.4, 0.5) is 4.39 Å². The van der Waals surface area contributed by atoms with E-state index >= 15 is 0 Å². The van der Waals surface area contributed by atoms with Gasteiger partial charge in [-0.3, -0.25) is 9.59 Å². The van der Waals surface area contributed by atoms with Crippen molar-refractivity contribution in [1.82, 2.24) is 14.2 Å². The number of rotatable bonds is 4. The van der Waals surface area contributed by atoms with Crippen LogP contribution in [0.5, 0.6) is 0 Å². The van der Waals surface area contributed by atoms with Crippen molar-refractivity contribution < 1.29 is 9.18 Å². The molecule has 0 unspecified atom stereocenters. The molecule has 0 radical (unpaired) electrons. The van der Waals surface area contributed by atoms with Crippen LogP contribution in [-0.4, -0.2) is 26.8 Å². The van der Waals surface area contributed by atoms with E-state index in [2.05, 4.69) is 5.10 Å². The van der Waals surface area contributed by atoms with E-state index in [9.17, 15) is 14.0 Å². The molecule has 3 rings (SSSR count). The lowest BCUT2D eigenvalue weighted by Gasteiger charge is -2.03. The number of halogens is 1. The number of alkyl halides is 1. The molecule has 6 nitrogen and oxygen atoms in total. The highest BCUT2D eigenvalue weighted by atomic mass is 32.1. The average Bonchev–Trinajstić information content (AvgIpc) is 3.00. The molecule has 0 aliphatic rings. The van der Waals surface area contributed by atoms with Crippen LogP contribution in [0.25, 0.3) is 15.3 Å².